The van der Waals surface area contributed by atoms with Crippen molar-refractivity contribution in [2.24, 2.45) is 0 Å². The number of hydrogen-bond acceptors (Lipinski definition) is 1. The van der Waals surface area contributed by atoms with Crippen molar-refractivity contribution in [1.82, 2.24) is 10.6 Å². The SMILES string of the molecule is O=C(NCCCc1ccccc1)NCc1cccc(F)c1. The number of benzene rings is 2. The van der Waals surface area contributed by atoms with Gasteiger partial charge in [0.1, 0.15) is 5.82 Å². The Labute approximate surface area is 124 Å². The van der Waals surface area contributed by atoms with E-state index in [4.69, 9.17) is 0 Å². The molecule has 0 radical (unpaired) electrons. The first-order chi connectivity index (χ1) is 10.2. The molecule has 0 atom stereocenters. The highest BCUT2D eigenvalue weighted by Crippen LogP contribution is 2.03. The van der Waals surface area contributed by atoms with E-state index in [-0.39, 0.29) is 11.8 Å². The van der Waals surface area contributed by atoms with E-state index in [9.17, 15) is 9.18 Å². The van der Waals surface area contributed by atoms with Crippen molar-refractivity contribution in [2.45, 2.75) is 19.4 Å². The van der Waals surface area contributed by atoms with Gasteiger partial charge in [-0.2, -0.15) is 0 Å². The van der Waals surface area contributed by atoms with Gasteiger partial charge < -0.3 is 10.6 Å². The van der Waals surface area contributed by atoms with Crippen molar-refractivity contribution >= 4 is 6.03 Å². The predicted molar refractivity (Wildman–Crippen MR) is 81.4 cm³/mol. The van der Waals surface area contributed by atoms with Gasteiger partial charge in [0.25, 0.3) is 0 Å². The summed E-state index contributed by atoms with van der Waals surface area (Å²) in [6.07, 6.45) is 1.82. The number of urea groups is 1. The van der Waals surface area contributed by atoms with E-state index < -0.39 is 0 Å². The zero-order valence-corrected chi connectivity index (χ0v) is 11.8. The van der Waals surface area contributed by atoms with Crippen molar-refractivity contribution in [3.8, 4) is 0 Å². The minimum absolute atomic E-state index is 0.229. The standard InChI is InChI=1S/C17H19FN2O/c18-16-10-4-8-15(12-16)13-20-17(21)19-11-5-9-14-6-2-1-3-7-14/h1-4,6-8,10,12H,5,9,11,13H2,(H2,19,20,21). The molecule has 0 aliphatic heterocycles. The summed E-state index contributed by atoms with van der Waals surface area (Å²) in [5.74, 6) is -0.294. The largest absolute Gasteiger partial charge is 0.338 e. The maximum atomic E-state index is 13.0. The number of amides is 2. The first kappa shape index (κ1) is 15.0. The Morgan fingerprint density at radius 1 is 0.952 bits per heavy atom. The monoisotopic (exact) mass is 286 g/mol. The second-order valence-electron chi connectivity index (χ2n) is 4.83. The van der Waals surface area contributed by atoms with Crippen LogP contribution in [0.2, 0.25) is 0 Å². The number of aryl methyl sites for hydroxylation is 1. The molecule has 2 rings (SSSR count). The molecular weight excluding hydrogens is 267 g/mol. The number of nitrogens with one attached hydrogen (secondary N) is 2. The van der Waals surface area contributed by atoms with Crippen molar-refractivity contribution in [2.75, 3.05) is 6.54 Å². The molecule has 110 valence electrons. The molecule has 0 saturated carbocycles. The molecule has 21 heavy (non-hydrogen) atoms. The zero-order valence-electron chi connectivity index (χ0n) is 11.8. The highest BCUT2D eigenvalue weighted by Gasteiger charge is 2.01. The molecule has 0 unspecified atom stereocenters. The molecule has 0 aromatic heterocycles. The molecule has 0 heterocycles. The van der Waals surface area contributed by atoms with Gasteiger partial charge in [-0.1, -0.05) is 42.5 Å². The molecule has 0 fully saturated rings. The van der Waals surface area contributed by atoms with Crippen LogP contribution in [0.3, 0.4) is 0 Å². The second-order valence-corrected chi connectivity index (χ2v) is 4.83. The van der Waals surface area contributed by atoms with Crippen LogP contribution in [0.15, 0.2) is 54.6 Å². The lowest BCUT2D eigenvalue weighted by atomic mass is 10.1. The number of halogens is 1. The Bertz CT molecular complexity index is 572. The summed E-state index contributed by atoms with van der Waals surface area (Å²) in [6.45, 7) is 0.937. The van der Waals surface area contributed by atoms with Crippen LogP contribution in [0.1, 0.15) is 17.5 Å². The molecule has 0 bridgehead atoms. The highest BCUT2D eigenvalue weighted by atomic mass is 19.1. The second kappa shape index (κ2) is 8.04. The van der Waals surface area contributed by atoms with E-state index >= 15 is 0 Å². The van der Waals surface area contributed by atoms with E-state index in [1.165, 1.54) is 17.7 Å². The average Bonchev–Trinajstić information content (AvgIpc) is 2.51. The Morgan fingerprint density at radius 2 is 1.71 bits per heavy atom. The van der Waals surface area contributed by atoms with Crippen LogP contribution in [-0.4, -0.2) is 12.6 Å². The van der Waals surface area contributed by atoms with Gasteiger partial charge in [0.15, 0.2) is 0 Å². The van der Waals surface area contributed by atoms with Crippen molar-refractivity contribution < 1.29 is 9.18 Å². The minimum Gasteiger partial charge on any atom is -0.338 e. The fourth-order valence-corrected chi connectivity index (χ4v) is 2.03. The van der Waals surface area contributed by atoms with Gasteiger partial charge >= 0.3 is 6.03 Å². The topological polar surface area (TPSA) is 41.1 Å². The Balaban J connectivity index is 1.62. The lowest BCUT2D eigenvalue weighted by Gasteiger charge is -2.08. The molecule has 2 amide bonds. The summed E-state index contributed by atoms with van der Waals surface area (Å²) < 4.78 is 13.0. The van der Waals surface area contributed by atoms with Gasteiger partial charge in [-0.3, -0.25) is 0 Å². The number of carbonyl (C=O) groups excluding carboxylic acids is 1. The average molecular weight is 286 g/mol. The van der Waals surface area contributed by atoms with Crippen LogP contribution < -0.4 is 10.6 Å². The van der Waals surface area contributed by atoms with Crippen molar-refractivity contribution in [3.63, 3.8) is 0 Å². The van der Waals surface area contributed by atoms with Crippen LogP contribution in [0, 0.1) is 5.82 Å². The Hall–Kier alpha value is -2.36. The van der Waals surface area contributed by atoms with Gasteiger partial charge in [0.05, 0.1) is 0 Å². The molecule has 2 N–H and O–H groups in total. The van der Waals surface area contributed by atoms with E-state index in [2.05, 4.69) is 22.8 Å². The highest BCUT2D eigenvalue weighted by molar-refractivity contribution is 5.73. The first-order valence-electron chi connectivity index (χ1n) is 7.04. The maximum Gasteiger partial charge on any atom is 0.315 e. The summed E-state index contributed by atoms with van der Waals surface area (Å²) in [5, 5.41) is 5.50. The zero-order chi connectivity index (χ0) is 14.9. The Morgan fingerprint density at radius 3 is 2.48 bits per heavy atom. The predicted octanol–water partition coefficient (Wildman–Crippen LogP) is 3.26. The van der Waals surface area contributed by atoms with Crippen molar-refractivity contribution in [3.05, 3.63) is 71.5 Å². The molecule has 0 saturated heterocycles. The first-order valence-corrected chi connectivity index (χ1v) is 7.04. The lowest BCUT2D eigenvalue weighted by Crippen LogP contribution is -2.35. The third-order valence-electron chi connectivity index (χ3n) is 3.11. The summed E-state index contributed by atoms with van der Waals surface area (Å²) in [5.41, 5.74) is 2.01. The van der Waals surface area contributed by atoms with E-state index in [0.717, 1.165) is 18.4 Å². The van der Waals surface area contributed by atoms with E-state index in [0.29, 0.717) is 13.1 Å². The fraction of sp³-hybridized carbons (Fsp3) is 0.235. The molecule has 2 aromatic carbocycles. The Kier molecular flexibility index (Phi) is 5.76. The maximum absolute atomic E-state index is 13.0. The summed E-state index contributed by atoms with van der Waals surface area (Å²) in [4.78, 5) is 11.6. The van der Waals surface area contributed by atoms with Gasteiger partial charge in [0, 0.05) is 13.1 Å². The smallest absolute Gasteiger partial charge is 0.315 e. The molecule has 0 aliphatic carbocycles. The van der Waals surface area contributed by atoms with Crippen molar-refractivity contribution in [1.29, 1.82) is 0 Å². The van der Waals surface area contributed by atoms with Crippen LogP contribution >= 0.6 is 0 Å². The normalized spacial score (nSPS) is 10.1. The third kappa shape index (κ3) is 5.65. The van der Waals surface area contributed by atoms with Crippen LogP contribution in [-0.2, 0) is 13.0 Å². The van der Waals surface area contributed by atoms with Crippen LogP contribution in [0.5, 0.6) is 0 Å². The summed E-state index contributed by atoms with van der Waals surface area (Å²) in [7, 11) is 0. The van der Waals surface area contributed by atoms with E-state index in [1.54, 1.807) is 12.1 Å². The minimum atomic E-state index is -0.294. The van der Waals surface area contributed by atoms with Gasteiger partial charge in [-0.25, -0.2) is 9.18 Å². The number of hydrogen-bond donors (Lipinski definition) is 2. The van der Waals surface area contributed by atoms with E-state index in [1.807, 2.05) is 18.2 Å². The van der Waals surface area contributed by atoms with Gasteiger partial charge in [-0.15, -0.1) is 0 Å². The van der Waals surface area contributed by atoms with Crippen LogP contribution in [0.25, 0.3) is 0 Å². The van der Waals surface area contributed by atoms with Gasteiger partial charge in [-0.05, 0) is 36.1 Å². The quantitative estimate of drug-likeness (QED) is 0.786. The fourth-order valence-electron chi connectivity index (χ4n) is 2.03. The molecular formula is C17H19FN2O. The van der Waals surface area contributed by atoms with Crippen LogP contribution in [0.4, 0.5) is 9.18 Å². The number of rotatable bonds is 6. The molecule has 0 aliphatic rings. The number of carbonyl (C=O) groups is 1. The van der Waals surface area contributed by atoms with Gasteiger partial charge in [0.2, 0.25) is 0 Å². The molecule has 2 aromatic rings. The lowest BCUT2D eigenvalue weighted by molar-refractivity contribution is 0.240. The molecule has 3 nitrogen and oxygen atoms in total. The summed E-state index contributed by atoms with van der Waals surface area (Å²) in [6, 6.07) is 16.1. The summed E-state index contributed by atoms with van der Waals surface area (Å²) >= 11 is 0. The molecule has 0 spiro atoms. The molecule has 4 heteroatoms. The third-order valence-corrected chi connectivity index (χ3v) is 3.11.